The largest absolute Gasteiger partial charge is 0.0986 e. The van der Waals surface area contributed by atoms with Gasteiger partial charge in [-0.1, -0.05) is 74.3 Å². The molecule has 1 heterocycles. The summed E-state index contributed by atoms with van der Waals surface area (Å²) in [4.78, 5) is 0. The maximum Gasteiger partial charge on any atom is -0.0164 e. The number of fused-ring (bicyclic) bond motifs is 1. The maximum absolute atomic E-state index is 4.08. The van der Waals surface area contributed by atoms with Gasteiger partial charge in [-0.2, -0.15) is 0 Å². The zero-order chi connectivity index (χ0) is 13.7. The molecule has 0 radical (unpaired) electrons. The van der Waals surface area contributed by atoms with Crippen molar-refractivity contribution in [3.63, 3.8) is 0 Å². The Morgan fingerprint density at radius 3 is 1.79 bits per heavy atom. The molecule has 0 amide bonds. The fourth-order valence-corrected chi connectivity index (χ4v) is 11.3. The summed E-state index contributed by atoms with van der Waals surface area (Å²) in [6, 6.07) is 9.36. The molecule has 1 aromatic carbocycles. The van der Waals surface area contributed by atoms with E-state index < -0.39 is 0 Å². The molecule has 0 saturated heterocycles. The average molecular weight is 310 g/mol. The monoisotopic (exact) mass is 310 g/mol. The van der Waals surface area contributed by atoms with E-state index in [4.69, 9.17) is 0 Å². The lowest BCUT2D eigenvalue weighted by atomic mass is 10.4. The summed E-state index contributed by atoms with van der Waals surface area (Å²) >= 11 is 0. The van der Waals surface area contributed by atoms with Gasteiger partial charge in [0, 0.05) is 0 Å². The molecule has 1 aromatic rings. The van der Waals surface area contributed by atoms with E-state index in [2.05, 4.69) is 50.5 Å². The first kappa shape index (κ1) is 15.6. The van der Waals surface area contributed by atoms with E-state index in [0.29, 0.717) is 0 Å². The summed E-state index contributed by atoms with van der Waals surface area (Å²) in [6.07, 6.45) is 8.37. The highest BCUT2D eigenvalue weighted by molar-refractivity contribution is 7.74. The molecule has 1 aliphatic rings. The van der Waals surface area contributed by atoms with Crippen molar-refractivity contribution in [3.05, 3.63) is 36.7 Å². The molecule has 0 aromatic heterocycles. The van der Waals surface area contributed by atoms with Crippen LogP contribution in [0.15, 0.2) is 36.7 Å². The highest BCUT2D eigenvalue weighted by Gasteiger charge is 2.22. The van der Waals surface area contributed by atoms with Crippen LogP contribution in [-0.2, 0) is 0 Å². The van der Waals surface area contributed by atoms with Gasteiger partial charge in [0.15, 0.2) is 0 Å². The molecule has 2 unspecified atom stereocenters. The van der Waals surface area contributed by atoms with Gasteiger partial charge in [0.1, 0.15) is 0 Å². The molecule has 2 rings (SSSR count). The third kappa shape index (κ3) is 3.88. The van der Waals surface area contributed by atoms with Crippen molar-refractivity contribution in [2.24, 2.45) is 0 Å². The summed E-state index contributed by atoms with van der Waals surface area (Å²) in [7, 11) is 0.247. The lowest BCUT2D eigenvalue weighted by Crippen LogP contribution is -2.24. The molecule has 0 fully saturated rings. The predicted octanol–water partition coefficient (Wildman–Crippen LogP) is 4.58. The SMILES string of the molecule is C=CP1CCP(CC)c2ccccc2P(CC)CC1. The number of hydrogen-bond acceptors (Lipinski definition) is 0. The normalized spacial score (nSPS) is 27.8. The zero-order valence-electron chi connectivity index (χ0n) is 12.2. The molecule has 0 aliphatic carbocycles. The smallest absolute Gasteiger partial charge is 0.0164 e. The van der Waals surface area contributed by atoms with Crippen molar-refractivity contribution in [1.29, 1.82) is 0 Å². The van der Waals surface area contributed by atoms with Crippen LogP contribution in [0.2, 0.25) is 0 Å². The van der Waals surface area contributed by atoms with Gasteiger partial charge in [-0.3, -0.25) is 0 Å². The van der Waals surface area contributed by atoms with Crippen LogP contribution in [0, 0.1) is 0 Å². The molecule has 3 heteroatoms. The second-order valence-corrected chi connectivity index (χ2v) is 12.6. The van der Waals surface area contributed by atoms with Crippen LogP contribution in [0.3, 0.4) is 0 Å². The van der Waals surface area contributed by atoms with Crippen molar-refractivity contribution < 1.29 is 0 Å². The molecular formula is C16H25P3. The molecular weight excluding hydrogens is 285 g/mol. The second kappa shape index (κ2) is 7.88. The minimum absolute atomic E-state index is 0.0739. The quantitative estimate of drug-likeness (QED) is 0.717. The maximum atomic E-state index is 4.08. The Labute approximate surface area is 122 Å². The fraction of sp³-hybridized carbons (Fsp3) is 0.500. The van der Waals surface area contributed by atoms with Gasteiger partial charge in [-0.05, 0) is 47.6 Å². The summed E-state index contributed by atoms with van der Waals surface area (Å²) in [5.41, 5.74) is 0. The summed E-state index contributed by atoms with van der Waals surface area (Å²) in [5, 5.41) is 3.46. The van der Waals surface area contributed by atoms with Gasteiger partial charge in [0.05, 0.1) is 0 Å². The Morgan fingerprint density at radius 2 is 1.42 bits per heavy atom. The van der Waals surface area contributed by atoms with Gasteiger partial charge >= 0.3 is 0 Å². The van der Waals surface area contributed by atoms with E-state index in [-0.39, 0.29) is 23.8 Å². The van der Waals surface area contributed by atoms with Crippen molar-refractivity contribution in [3.8, 4) is 0 Å². The summed E-state index contributed by atoms with van der Waals surface area (Å²) in [5.74, 6) is 2.28. The summed E-state index contributed by atoms with van der Waals surface area (Å²) in [6.45, 7) is 8.84. The van der Waals surface area contributed by atoms with Crippen molar-refractivity contribution >= 4 is 34.4 Å². The van der Waals surface area contributed by atoms with E-state index >= 15 is 0 Å². The lowest BCUT2D eigenvalue weighted by Gasteiger charge is -2.23. The molecule has 0 spiro atoms. The number of benzene rings is 1. The minimum atomic E-state index is 0.0739. The molecule has 1 aliphatic heterocycles. The van der Waals surface area contributed by atoms with Crippen LogP contribution in [0.25, 0.3) is 0 Å². The molecule has 0 bridgehead atoms. The highest BCUT2D eigenvalue weighted by Crippen LogP contribution is 2.49. The Bertz CT molecular complexity index is 381. The van der Waals surface area contributed by atoms with E-state index in [1.807, 2.05) is 0 Å². The number of hydrogen-bond donors (Lipinski definition) is 0. The standard InChI is InChI=1S/C16H25P3/c1-4-17-11-13-18(5-2)15-9-7-8-10-16(15)19(6-3)14-12-17/h4,7-10H,1,5-6,11-14H2,2-3H3. The molecule has 0 saturated carbocycles. The predicted molar refractivity (Wildman–Crippen MR) is 97.2 cm³/mol. The lowest BCUT2D eigenvalue weighted by molar-refractivity contribution is 1.39. The molecule has 2 atom stereocenters. The van der Waals surface area contributed by atoms with Gasteiger partial charge in [0.25, 0.3) is 0 Å². The fourth-order valence-electron chi connectivity index (χ4n) is 2.69. The van der Waals surface area contributed by atoms with E-state index in [0.717, 1.165) is 0 Å². The Kier molecular flexibility index (Phi) is 6.49. The average Bonchev–Trinajstić information content (AvgIpc) is 2.53. The minimum Gasteiger partial charge on any atom is -0.0986 e. The second-order valence-electron chi connectivity index (χ2n) is 4.87. The van der Waals surface area contributed by atoms with E-state index in [1.165, 1.54) is 37.0 Å². The first-order valence-electron chi connectivity index (χ1n) is 7.25. The van der Waals surface area contributed by atoms with E-state index in [9.17, 15) is 0 Å². The third-order valence-corrected chi connectivity index (χ3v) is 12.1. The van der Waals surface area contributed by atoms with Crippen molar-refractivity contribution in [2.75, 3.05) is 37.0 Å². The molecule has 0 N–H and O–H groups in total. The van der Waals surface area contributed by atoms with Crippen LogP contribution < -0.4 is 10.6 Å². The first-order valence-corrected chi connectivity index (χ1v) is 12.5. The highest BCUT2D eigenvalue weighted by atomic mass is 31.1. The number of rotatable bonds is 3. The van der Waals surface area contributed by atoms with E-state index in [1.54, 1.807) is 10.6 Å². The van der Waals surface area contributed by atoms with Crippen LogP contribution >= 0.6 is 23.8 Å². The van der Waals surface area contributed by atoms with Crippen LogP contribution in [-0.4, -0.2) is 37.0 Å². The summed E-state index contributed by atoms with van der Waals surface area (Å²) < 4.78 is 0. The van der Waals surface area contributed by atoms with Crippen molar-refractivity contribution in [2.45, 2.75) is 13.8 Å². The third-order valence-electron chi connectivity index (χ3n) is 3.90. The first-order chi connectivity index (χ1) is 9.30. The Hall–Kier alpha value is 0.250. The van der Waals surface area contributed by atoms with Crippen LogP contribution in [0.4, 0.5) is 0 Å². The van der Waals surface area contributed by atoms with Gasteiger partial charge in [0.2, 0.25) is 0 Å². The van der Waals surface area contributed by atoms with Gasteiger partial charge < -0.3 is 0 Å². The molecule has 0 nitrogen and oxygen atoms in total. The Morgan fingerprint density at radius 1 is 0.947 bits per heavy atom. The Balaban J connectivity index is 2.36. The van der Waals surface area contributed by atoms with Crippen LogP contribution in [0.5, 0.6) is 0 Å². The topological polar surface area (TPSA) is 0 Å². The molecule has 19 heavy (non-hydrogen) atoms. The van der Waals surface area contributed by atoms with Crippen molar-refractivity contribution in [1.82, 2.24) is 0 Å². The molecule has 104 valence electrons. The van der Waals surface area contributed by atoms with Gasteiger partial charge in [-0.25, -0.2) is 0 Å². The van der Waals surface area contributed by atoms with Crippen LogP contribution in [0.1, 0.15) is 13.8 Å². The zero-order valence-corrected chi connectivity index (χ0v) is 14.9. The van der Waals surface area contributed by atoms with Gasteiger partial charge in [-0.15, -0.1) is 0 Å².